The van der Waals surface area contributed by atoms with Gasteiger partial charge in [0.1, 0.15) is 11.6 Å². The summed E-state index contributed by atoms with van der Waals surface area (Å²) in [5.74, 6) is -2.67. The van der Waals surface area contributed by atoms with E-state index >= 15 is 0 Å². The summed E-state index contributed by atoms with van der Waals surface area (Å²) >= 11 is 2.89. The minimum atomic E-state index is -5.46. The monoisotopic (exact) mass is 411 g/mol. The Morgan fingerprint density at radius 2 is 1.42 bits per heavy atom. The third-order valence-corrected chi connectivity index (χ3v) is 3.90. The number of allylic oxidation sites excluding steroid dienone is 5. The summed E-state index contributed by atoms with van der Waals surface area (Å²) in [7, 11) is 0. The van der Waals surface area contributed by atoms with Crippen LogP contribution in [0.3, 0.4) is 0 Å². The van der Waals surface area contributed by atoms with E-state index in [1.54, 1.807) is 6.07 Å². The third kappa shape index (κ3) is 3.38. The lowest BCUT2D eigenvalue weighted by atomic mass is 10.2. The zero-order valence-corrected chi connectivity index (χ0v) is 12.9. The summed E-state index contributed by atoms with van der Waals surface area (Å²) < 4.78 is 89.6. The van der Waals surface area contributed by atoms with Gasteiger partial charge < -0.3 is 0 Å². The van der Waals surface area contributed by atoms with Crippen molar-refractivity contribution in [1.82, 2.24) is 0 Å². The van der Waals surface area contributed by atoms with E-state index in [9.17, 15) is 30.7 Å². The van der Waals surface area contributed by atoms with Crippen molar-refractivity contribution in [3.63, 3.8) is 0 Å². The van der Waals surface area contributed by atoms with E-state index in [-0.39, 0.29) is 10.0 Å². The minimum absolute atomic E-state index is 0.162. The molecule has 0 saturated heterocycles. The summed E-state index contributed by atoms with van der Waals surface area (Å²) in [5.41, 5.74) is -4.60. The number of hydrogen-bond acceptors (Lipinski definition) is 1. The van der Waals surface area contributed by atoms with Gasteiger partial charge in [0.25, 0.3) is 0 Å². The highest BCUT2D eigenvalue weighted by molar-refractivity contribution is 9.15. The van der Waals surface area contributed by atoms with Crippen LogP contribution in [0.5, 0.6) is 0 Å². The number of nitrogens with zero attached hydrogens (tertiary/aromatic N) is 1. The number of benzene rings is 1. The fourth-order valence-corrected chi connectivity index (χ4v) is 2.67. The van der Waals surface area contributed by atoms with Gasteiger partial charge in [-0.2, -0.15) is 31.6 Å². The predicted molar refractivity (Wildman–Crippen MR) is 75.2 cm³/mol. The van der Waals surface area contributed by atoms with Gasteiger partial charge in [0.15, 0.2) is 0 Å². The van der Waals surface area contributed by atoms with E-state index in [0.717, 1.165) is 6.07 Å². The Bertz CT molecular complexity index is 805. The zero-order valence-electron chi connectivity index (χ0n) is 11.4. The Morgan fingerprint density at radius 1 is 0.875 bits per heavy atom. The molecule has 0 N–H and O–H groups in total. The normalized spacial score (nSPS) is 21.1. The number of rotatable bonds is 1. The van der Waals surface area contributed by atoms with Crippen molar-refractivity contribution in [1.29, 1.82) is 5.26 Å². The first-order chi connectivity index (χ1) is 11.0. The lowest BCUT2D eigenvalue weighted by molar-refractivity contribution is -0.109. The maximum absolute atomic E-state index is 13.5. The standard InChI is InChI=1S/C15H5BrF7N/c16-12(7-4-2-1-3-5-7)10-9(8(6-24)14(18,19)20)11(10)13(17)15(21,22)23/h1-5H/b9-8-,12-10+,13-11?. The molecule has 126 valence electrons. The highest BCUT2D eigenvalue weighted by Gasteiger charge is 2.52. The predicted octanol–water partition coefficient (Wildman–Crippen LogP) is 5.97. The third-order valence-electron chi connectivity index (χ3n) is 3.05. The molecule has 1 saturated carbocycles. The maximum Gasteiger partial charge on any atom is 0.443 e. The number of alkyl halides is 6. The first kappa shape index (κ1) is 18.3. The molecule has 1 nitrogen and oxygen atoms in total. The van der Waals surface area contributed by atoms with Crippen LogP contribution in [0.15, 0.2) is 58.5 Å². The summed E-state index contributed by atoms with van der Waals surface area (Å²) in [6.45, 7) is 0. The van der Waals surface area contributed by atoms with Gasteiger partial charge in [-0.3, -0.25) is 0 Å². The molecule has 0 bridgehead atoms. The molecule has 0 spiro atoms. The second-order valence-corrected chi connectivity index (χ2v) is 5.39. The Kier molecular flexibility index (Phi) is 4.63. The molecule has 0 atom stereocenters. The van der Waals surface area contributed by atoms with Crippen molar-refractivity contribution in [3.8, 4) is 6.07 Å². The molecule has 24 heavy (non-hydrogen) atoms. The zero-order chi connectivity index (χ0) is 18.3. The lowest BCUT2D eigenvalue weighted by Gasteiger charge is -2.02. The van der Waals surface area contributed by atoms with Crippen LogP contribution in [0.2, 0.25) is 0 Å². The minimum Gasteiger partial charge on any atom is -0.201 e. The molecule has 0 amide bonds. The average Bonchev–Trinajstić information content (AvgIpc) is 3.19. The smallest absolute Gasteiger partial charge is 0.201 e. The molecule has 1 aliphatic carbocycles. The van der Waals surface area contributed by atoms with Crippen LogP contribution in [0.1, 0.15) is 5.56 Å². The molecule has 1 aliphatic rings. The molecule has 0 radical (unpaired) electrons. The van der Waals surface area contributed by atoms with E-state index in [1.165, 1.54) is 24.3 Å². The van der Waals surface area contributed by atoms with E-state index in [1.807, 2.05) is 0 Å². The number of nitriles is 1. The van der Waals surface area contributed by atoms with E-state index in [4.69, 9.17) is 5.26 Å². The molecule has 1 aromatic carbocycles. The number of hydrogen-bond donors (Lipinski definition) is 0. The van der Waals surface area contributed by atoms with Crippen molar-refractivity contribution < 1.29 is 30.7 Å². The summed E-state index contributed by atoms with van der Waals surface area (Å²) in [6.07, 6.45) is -10.7. The van der Waals surface area contributed by atoms with Crippen molar-refractivity contribution in [2.24, 2.45) is 0 Å². The van der Waals surface area contributed by atoms with Gasteiger partial charge in [0.05, 0.1) is 0 Å². The van der Waals surface area contributed by atoms with Crippen molar-refractivity contribution >= 4 is 20.4 Å². The molecule has 9 heteroatoms. The molecule has 1 fully saturated rings. The molecule has 0 aliphatic heterocycles. The first-order valence-corrected chi connectivity index (χ1v) is 6.94. The van der Waals surface area contributed by atoms with E-state index in [2.05, 4.69) is 15.9 Å². The van der Waals surface area contributed by atoms with E-state index in [0.29, 0.717) is 0 Å². The summed E-state index contributed by atoms with van der Waals surface area (Å²) in [4.78, 5) is 0. The largest absolute Gasteiger partial charge is 0.443 e. The Balaban J connectivity index is 2.80. The summed E-state index contributed by atoms with van der Waals surface area (Å²) in [5, 5.41) is 8.65. The van der Waals surface area contributed by atoms with Crippen LogP contribution >= 0.6 is 15.9 Å². The van der Waals surface area contributed by atoms with Crippen LogP contribution in [0, 0.1) is 11.3 Å². The van der Waals surface area contributed by atoms with Crippen LogP contribution in [-0.2, 0) is 0 Å². The molecule has 0 aromatic heterocycles. The molecule has 0 unspecified atom stereocenters. The lowest BCUT2D eigenvalue weighted by Crippen LogP contribution is -2.11. The summed E-state index contributed by atoms with van der Waals surface area (Å²) in [6, 6.07) is 8.22. The molecule has 0 heterocycles. The quantitative estimate of drug-likeness (QED) is 0.412. The van der Waals surface area contributed by atoms with Gasteiger partial charge in [0.2, 0.25) is 5.83 Å². The molecular weight excluding hydrogens is 407 g/mol. The highest BCUT2D eigenvalue weighted by Crippen LogP contribution is 2.58. The fourth-order valence-electron chi connectivity index (χ4n) is 2.01. The van der Waals surface area contributed by atoms with Gasteiger partial charge in [-0.25, -0.2) is 4.39 Å². The van der Waals surface area contributed by atoms with Crippen molar-refractivity contribution in [3.05, 3.63) is 64.0 Å². The topological polar surface area (TPSA) is 23.8 Å². The van der Waals surface area contributed by atoms with Crippen LogP contribution in [-0.4, -0.2) is 12.4 Å². The highest BCUT2D eigenvalue weighted by atomic mass is 79.9. The van der Waals surface area contributed by atoms with Gasteiger partial charge in [-0.1, -0.05) is 30.3 Å². The first-order valence-electron chi connectivity index (χ1n) is 6.15. The average molecular weight is 412 g/mol. The van der Waals surface area contributed by atoms with Crippen LogP contribution in [0.4, 0.5) is 30.7 Å². The van der Waals surface area contributed by atoms with Crippen LogP contribution in [0.25, 0.3) is 4.48 Å². The Labute approximate surface area is 139 Å². The fraction of sp³-hybridized carbons (Fsp3) is 0.133. The van der Waals surface area contributed by atoms with Crippen molar-refractivity contribution in [2.45, 2.75) is 12.4 Å². The van der Waals surface area contributed by atoms with Gasteiger partial charge in [0, 0.05) is 21.2 Å². The second kappa shape index (κ2) is 6.09. The Hall–Kier alpha value is -2.08. The SMILES string of the molecule is N#C/C(=C1/C(=C(F)C(F)(F)F)/C1=C(/Br)c1ccccc1)C(F)(F)F. The van der Waals surface area contributed by atoms with Gasteiger partial charge >= 0.3 is 12.4 Å². The molecule has 1 aromatic rings. The molecular formula is C15H5BrF7N. The maximum atomic E-state index is 13.5. The Morgan fingerprint density at radius 3 is 1.83 bits per heavy atom. The number of halogens is 8. The molecule has 2 rings (SSSR count). The van der Waals surface area contributed by atoms with E-state index < -0.39 is 40.5 Å². The van der Waals surface area contributed by atoms with Gasteiger partial charge in [-0.15, -0.1) is 0 Å². The van der Waals surface area contributed by atoms with Crippen molar-refractivity contribution in [2.75, 3.05) is 0 Å². The second-order valence-electron chi connectivity index (χ2n) is 4.60. The van der Waals surface area contributed by atoms with Gasteiger partial charge in [-0.05, 0) is 21.5 Å². The van der Waals surface area contributed by atoms with Crippen LogP contribution < -0.4 is 0 Å².